The molecule has 1 fully saturated rings. The van der Waals surface area contributed by atoms with Gasteiger partial charge < -0.3 is 10.1 Å². The molecule has 0 saturated carbocycles. The maximum Gasteiger partial charge on any atom is 0.262 e. The number of sulfonamides is 1. The van der Waals surface area contributed by atoms with E-state index in [0.717, 1.165) is 36.0 Å². The highest BCUT2D eigenvalue weighted by atomic mass is 32.2. The lowest BCUT2D eigenvalue weighted by Crippen LogP contribution is -2.35. The van der Waals surface area contributed by atoms with Crippen LogP contribution in [0.15, 0.2) is 41.3 Å². The van der Waals surface area contributed by atoms with Gasteiger partial charge >= 0.3 is 0 Å². The fourth-order valence-electron chi connectivity index (χ4n) is 3.29. The van der Waals surface area contributed by atoms with Gasteiger partial charge in [0.15, 0.2) is 6.61 Å². The number of nitrogens with zero attached hydrogens (tertiary/aromatic N) is 1. The second-order valence-electron chi connectivity index (χ2n) is 7.52. The Hall–Kier alpha value is -2.38. The van der Waals surface area contributed by atoms with Crippen molar-refractivity contribution in [3.63, 3.8) is 0 Å². The summed E-state index contributed by atoms with van der Waals surface area (Å²) in [6, 6.07) is 10.5. The molecule has 1 N–H and O–H groups in total. The molecular formula is C22H28N2O4S. The number of aryl methyl sites for hydroxylation is 3. The quantitative estimate of drug-likeness (QED) is 0.777. The molecule has 0 aliphatic carbocycles. The molecule has 6 nitrogen and oxygen atoms in total. The second-order valence-corrected chi connectivity index (χ2v) is 9.46. The molecule has 0 bridgehead atoms. The predicted octanol–water partition coefficient (Wildman–Crippen LogP) is 3.80. The maximum atomic E-state index is 12.9. The Labute approximate surface area is 172 Å². The van der Waals surface area contributed by atoms with Gasteiger partial charge in [-0.05, 0) is 74.6 Å². The first-order valence-electron chi connectivity index (χ1n) is 9.88. The van der Waals surface area contributed by atoms with Crippen LogP contribution >= 0.6 is 0 Å². The van der Waals surface area contributed by atoms with Crippen LogP contribution in [0.1, 0.15) is 36.0 Å². The van der Waals surface area contributed by atoms with E-state index in [2.05, 4.69) is 5.32 Å². The van der Waals surface area contributed by atoms with Gasteiger partial charge in [0.2, 0.25) is 10.0 Å². The normalized spacial score (nSPS) is 15.1. The van der Waals surface area contributed by atoms with E-state index in [0.29, 0.717) is 24.5 Å². The molecule has 1 saturated heterocycles. The monoisotopic (exact) mass is 416 g/mol. The average molecular weight is 417 g/mol. The van der Waals surface area contributed by atoms with E-state index in [1.54, 1.807) is 12.1 Å². The molecule has 7 heteroatoms. The van der Waals surface area contributed by atoms with Crippen LogP contribution in [0.25, 0.3) is 0 Å². The summed E-state index contributed by atoms with van der Waals surface area (Å²) in [4.78, 5) is 12.6. The van der Waals surface area contributed by atoms with Crippen LogP contribution in [-0.4, -0.2) is 38.3 Å². The minimum absolute atomic E-state index is 0.148. The lowest BCUT2D eigenvalue weighted by Gasteiger charge is -2.26. The largest absolute Gasteiger partial charge is 0.484 e. The van der Waals surface area contributed by atoms with Gasteiger partial charge in [0.05, 0.1) is 4.90 Å². The highest BCUT2D eigenvalue weighted by molar-refractivity contribution is 7.89. The third-order valence-electron chi connectivity index (χ3n) is 5.28. The zero-order chi connectivity index (χ0) is 21.0. The second kappa shape index (κ2) is 8.97. The SMILES string of the molecule is Cc1ccc(OCC(=O)Nc2cc(S(=O)(=O)N3CCCCC3)ccc2C)cc1C. The zero-order valence-electron chi connectivity index (χ0n) is 17.2. The van der Waals surface area contributed by atoms with Crippen LogP contribution in [-0.2, 0) is 14.8 Å². The molecule has 2 aromatic rings. The van der Waals surface area contributed by atoms with Crippen LogP contribution in [0.4, 0.5) is 5.69 Å². The van der Waals surface area contributed by atoms with Crippen LogP contribution in [0.5, 0.6) is 5.75 Å². The molecule has 0 unspecified atom stereocenters. The highest BCUT2D eigenvalue weighted by Crippen LogP contribution is 2.25. The summed E-state index contributed by atoms with van der Waals surface area (Å²) in [5.74, 6) is 0.292. The van der Waals surface area contributed by atoms with E-state index in [9.17, 15) is 13.2 Å². The van der Waals surface area contributed by atoms with E-state index >= 15 is 0 Å². The van der Waals surface area contributed by atoms with Crippen molar-refractivity contribution in [3.05, 3.63) is 53.1 Å². The number of benzene rings is 2. The molecule has 156 valence electrons. The van der Waals surface area contributed by atoms with Crippen molar-refractivity contribution in [2.75, 3.05) is 25.0 Å². The van der Waals surface area contributed by atoms with Gasteiger partial charge in [-0.1, -0.05) is 18.6 Å². The molecule has 0 spiro atoms. The molecule has 3 rings (SSSR count). The van der Waals surface area contributed by atoms with Crippen molar-refractivity contribution < 1.29 is 17.9 Å². The Morgan fingerprint density at radius 3 is 2.34 bits per heavy atom. The molecule has 0 aromatic heterocycles. The Bertz CT molecular complexity index is 996. The Balaban J connectivity index is 1.69. The molecule has 2 aromatic carbocycles. The fraction of sp³-hybridized carbons (Fsp3) is 0.409. The van der Waals surface area contributed by atoms with Crippen molar-refractivity contribution in [3.8, 4) is 5.75 Å². The molecule has 0 radical (unpaired) electrons. The number of amides is 1. The Morgan fingerprint density at radius 1 is 0.966 bits per heavy atom. The van der Waals surface area contributed by atoms with Crippen LogP contribution < -0.4 is 10.1 Å². The lowest BCUT2D eigenvalue weighted by atomic mass is 10.1. The number of ether oxygens (including phenoxy) is 1. The number of piperidine rings is 1. The summed E-state index contributed by atoms with van der Waals surface area (Å²) in [6.45, 7) is 6.77. The molecule has 0 atom stereocenters. The topological polar surface area (TPSA) is 75.7 Å². The van der Waals surface area contributed by atoms with Gasteiger partial charge in [-0.25, -0.2) is 8.42 Å². The van der Waals surface area contributed by atoms with Gasteiger partial charge in [-0.2, -0.15) is 4.31 Å². The summed E-state index contributed by atoms with van der Waals surface area (Å²) in [6.07, 6.45) is 2.82. The van der Waals surface area contributed by atoms with Crippen molar-refractivity contribution >= 4 is 21.6 Å². The van der Waals surface area contributed by atoms with Gasteiger partial charge in [0.1, 0.15) is 5.75 Å². The van der Waals surface area contributed by atoms with Crippen molar-refractivity contribution in [1.82, 2.24) is 4.31 Å². The smallest absolute Gasteiger partial charge is 0.262 e. The van der Waals surface area contributed by atoms with Crippen LogP contribution in [0, 0.1) is 20.8 Å². The van der Waals surface area contributed by atoms with Crippen molar-refractivity contribution in [2.24, 2.45) is 0 Å². The standard InChI is InChI=1S/C22H28N2O4S/c1-16-7-9-19(13-18(16)3)28-15-22(25)23-21-14-20(10-8-17(21)2)29(26,27)24-11-5-4-6-12-24/h7-10,13-14H,4-6,11-12,15H2,1-3H3,(H,23,25). The number of carbonyl (C=O) groups excluding carboxylic acids is 1. The van der Waals surface area contributed by atoms with Gasteiger partial charge in [-0.15, -0.1) is 0 Å². The number of nitrogens with one attached hydrogen (secondary N) is 1. The first kappa shape index (κ1) is 21.3. The minimum atomic E-state index is -3.55. The van der Waals surface area contributed by atoms with E-state index in [1.165, 1.54) is 10.4 Å². The third-order valence-corrected chi connectivity index (χ3v) is 7.18. The predicted molar refractivity (Wildman–Crippen MR) is 114 cm³/mol. The molecule has 1 aliphatic heterocycles. The molecular weight excluding hydrogens is 388 g/mol. The van der Waals surface area contributed by atoms with E-state index in [4.69, 9.17) is 4.74 Å². The average Bonchev–Trinajstić information content (AvgIpc) is 2.71. The fourth-order valence-corrected chi connectivity index (χ4v) is 4.83. The lowest BCUT2D eigenvalue weighted by molar-refractivity contribution is -0.118. The van der Waals surface area contributed by atoms with Crippen molar-refractivity contribution in [1.29, 1.82) is 0 Å². The summed E-state index contributed by atoms with van der Waals surface area (Å²) in [7, 11) is -3.55. The first-order chi connectivity index (χ1) is 13.8. The first-order valence-corrected chi connectivity index (χ1v) is 11.3. The Kier molecular flexibility index (Phi) is 6.59. The highest BCUT2D eigenvalue weighted by Gasteiger charge is 2.26. The molecule has 1 amide bonds. The number of anilines is 1. The summed E-state index contributed by atoms with van der Waals surface area (Å²) < 4.78 is 32.9. The number of carbonyl (C=O) groups is 1. The van der Waals surface area contributed by atoms with Crippen LogP contribution in [0.2, 0.25) is 0 Å². The van der Waals surface area contributed by atoms with E-state index in [-0.39, 0.29) is 17.4 Å². The van der Waals surface area contributed by atoms with Crippen molar-refractivity contribution in [2.45, 2.75) is 44.9 Å². The zero-order valence-corrected chi connectivity index (χ0v) is 18.0. The maximum absolute atomic E-state index is 12.9. The molecule has 1 aliphatic rings. The molecule has 1 heterocycles. The van der Waals surface area contributed by atoms with Gasteiger partial charge in [-0.3, -0.25) is 4.79 Å². The number of hydrogen-bond acceptors (Lipinski definition) is 4. The van der Waals surface area contributed by atoms with Crippen LogP contribution in [0.3, 0.4) is 0 Å². The minimum Gasteiger partial charge on any atom is -0.484 e. The third kappa shape index (κ3) is 5.16. The van der Waals surface area contributed by atoms with E-state index < -0.39 is 10.0 Å². The molecule has 29 heavy (non-hydrogen) atoms. The summed E-state index contributed by atoms with van der Waals surface area (Å²) in [5.41, 5.74) is 3.53. The van der Waals surface area contributed by atoms with E-state index in [1.807, 2.05) is 39.0 Å². The van der Waals surface area contributed by atoms with Gasteiger partial charge in [0, 0.05) is 18.8 Å². The van der Waals surface area contributed by atoms with Gasteiger partial charge in [0.25, 0.3) is 5.91 Å². The summed E-state index contributed by atoms with van der Waals surface area (Å²) >= 11 is 0. The number of rotatable bonds is 6. The Morgan fingerprint density at radius 2 is 1.66 bits per heavy atom. The summed E-state index contributed by atoms with van der Waals surface area (Å²) in [5, 5.41) is 2.77. The number of hydrogen-bond donors (Lipinski definition) is 1.